The highest BCUT2D eigenvalue weighted by Crippen LogP contribution is 2.30. The molecule has 0 atom stereocenters. The summed E-state index contributed by atoms with van der Waals surface area (Å²) in [5.74, 6) is 1.21. The maximum Gasteiger partial charge on any atom is 0.153 e. The Labute approximate surface area is 97.5 Å². The lowest BCUT2D eigenvalue weighted by molar-refractivity contribution is 0.150. The van der Waals surface area contributed by atoms with Crippen LogP contribution in [0, 0.1) is 5.92 Å². The Morgan fingerprint density at radius 2 is 1.88 bits per heavy atom. The van der Waals surface area contributed by atoms with Crippen molar-refractivity contribution < 1.29 is 5.21 Å². The van der Waals surface area contributed by atoms with Gasteiger partial charge in [-0.3, -0.25) is 4.90 Å². The van der Waals surface area contributed by atoms with Gasteiger partial charge in [0.15, 0.2) is 5.84 Å². The van der Waals surface area contributed by atoms with Gasteiger partial charge in [0.25, 0.3) is 0 Å². The van der Waals surface area contributed by atoms with Gasteiger partial charge in [0, 0.05) is 12.6 Å². The van der Waals surface area contributed by atoms with Gasteiger partial charge in [-0.15, -0.1) is 0 Å². The molecule has 0 aliphatic heterocycles. The van der Waals surface area contributed by atoms with E-state index in [0.717, 1.165) is 12.5 Å². The normalized spacial score (nSPS) is 23.9. The zero-order chi connectivity index (χ0) is 11.4. The molecular weight excluding hydrogens is 202 g/mol. The predicted molar refractivity (Wildman–Crippen MR) is 64.6 cm³/mol. The molecule has 0 aromatic rings. The molecule has 0 bridgehead atoms. The molecule has 2 rings (SSSR count). The lowest BCUT2D eigenvalue weighted by atomic mass is 9.85. The smallest absolute Gasteiger partial charge is 0.153 e. The molecule has 4 heteroatoms. The molecule has 0 amide bonds. The number of hydrogen-bond acceptors (Lipinski definition) is 3. The van der Waals surface area contributed by atoms with Gasteiger partial charge in [-0.05, 0) is 31.6 Å². The quantitative estimate of drug-likeness (QED) is 0.324. The number of nitrogens with two attached hydrogens (primary N) is 1. The molecule has 92 valence electrons. The van der Waals surface area contributed by atoms with E-state index in [4.69, 9.17) is 10.9 Å². The standard InChI is InChI=1S/C12H23N3O/c13-12(14-16)9-15(8-10-4-3-5-10)11-6-1-2-7-11/h10-11,16H,1-9H2,(H2,13,14). The highest BCUT2D eigenvalue weighted by atomic mass is 16.4. The van der Waals surface area contributed by atoms with E-state index >= 15 is 0 Å². The van der Waals surface area contributed by atoms with Gasteiger partial charge in [-0.1, -0.05) is 24.4 Å². The lowest BCUT2D eigenvalue weighted by Gasteiger charge is -2.35. The molecular formula is C12H23N3O. The number of oxime groups is 1. The Hall–Kier alpha value is -0.770. The van der Waals surface area contributed by atoms with Crippen LogP contribution in [0.4, 0.5) is 0 Å². The van der Waals surface area contributed by atoms with Crippen molar-refractivity contribution in [3.63, 3.8) is 0 Å². The van der Waals surface area contributed by atoms with E-state index < -0.39 is 0 Å². The first kappa shape index (κ1) is 11.7. The largest absolute Gasteiger partial charge is 0.409 e. The van der Waals surface area contributed by atoms with Crippen LogP contribution in [-0.2, 0) is 0 Å². The summed E-state index contributed by atoms with van der Waals surface area (Å²) in [6.45, 7) is 1.78. The van der Waals surface area contributed by atoms with E-state index in [1.807, 2.05) is 0 Å². The minimum absolute atomic E-state index is 0.353. The first-order valence-corrected chi connectivity index (χ1v) is 6.50. The van der Waals surface area contributed by atoms with Crippen LogP contribution in [0.25, 0.3) is 0 Å². The fraction of sp³-hybridized carbons (Fsp3) is 0.917. The van der Waals surface area contributed by atoms with Crippen molar-refractivity contribution in [1.29, 1.82) is 0 Å². The molecule has 0 heterocycles. The van der Waals surface area contributed by atoms with Gasteiger partial charge in [-0.25, -0.2) is 0 Å². The minimum atomic E-state index is 0.353. The van der Waals surface area contributed by atoms with E-state index in [9.17, 15) is 0 Å². The summed E-state index contributed by atoms with van der Waals surface area (Å²) in [5.41, 5.74) is 5.63. The highest BCUT2D eigenvalue weighted by Gasteiger charge is 2.27. The summed E-state index contributed by atoms with van der Waals surface area (Å²) in [4.78, 5) is 2.44. The summed E-state index contributed by atoms with van der Waals surface area (Å²) >= 11 is 0. The molecule has 0 radical (unpaired) electrons. The molecule has 3 N–H and O–H groups in total. The fourth-order valence-corrected chi connectivity index (χ4v) is 2.86. The number of hydrogen-bond donors (Lipinski definition) is 2. The third-order valence-electron chi connectivity index (χ3n) is 4.05. The molecule has 2 saturated carbocycles. The summed E-state index contributed by atoms with van der Waals surface area (Å²) in [7, 11) is 0. The Kier molecular flexibility index (Phi) is 4.04. The van der Waals surface area contributed by atoms with Gasteiger partial charge in [0.05, 0.1) is 6.54 Å². The average Bonchev–Trinajstić information content (AvgIpc) is 2.74. The molecule has 4 nitrogen and oxygen atoms in total. The van der Waals surface area contributed by atoms with E-state index in [2.05, 4.69) is 10.1 Å². The van der Waals surface area contributed by atoms with E-state index in [1.165, 1.54) is 44.9 Å². The second kappa shape index (κ2) is 5.53. The van der Waals surface area contributed by atoms with Crippen LogP contribution in [0.5, 0.6) is 0 Å². The second-order valence-electron chi connectivity index (χ2n) is 5.26. The van der Waals surface area contributed by atoms with Gasteiger partial charge < -0.3 is 10.9 Å². The topological polar surface area (TPSA) is 61.8 Å². The average molecular weight is 225 g/mol. The highest BCUT2D eigenvalue weighted by molar-refractivity contribution is 5.81. The Morgan fingerprint density at radius 3 is 2.38 bits per heavy atom. The predicted octanol–water partition coefficient (Wildman–Crippen LogP) is 1.78. The van der Waals surface area contributed by atoms with Crippen LogP contribution in [-0.4, -0.2) is 35.1 Å². The van der Waals surface area contributed by atoms with Crippen molar-refractivity contribution in [2.24, 2.45) is 16.8 Å². The first-order chi connectivity index (χ1) is 7.79. The number of amidine groups is 1. The number of nitrogens with zero attached hydrogens (tertiary/aromatic N) is 2. The molecule has 0 saturated heterocycles. The molecule has 2 fully saturated rings. The summed E-state index contributed by atoms with van der Waals surface area (Å²) in [6.07, 6.45) is 9.34. The van der Waals surface area contributed by atoms with Gasteiger partial charge >= 0.3 is 0 Å². The monoisotopic (exact) mass is 225 g/mol. The first-order valence-electron chi connectivity index (χ1n) is 6.50. The maximum atomic E-state index is 8.67. The Morgan fingerprint density at radius 1 is 1.19 bits per heavy atom. The van der Waals surface area contributed by atoms with Gasteiger partial charge in [0.2, 0.25) is 0 Å². The van der Waals surface area contributed by atoms with E-state index in [0.29, 0.717) is 18.4 Å². The SMILES string of the molecule is NC(CN(CC1CCC1)C1CCCC1)=NO. The second-order valence-corrected chi connectivity index (χ2v) is 5.26. The Bertz CT molecular complexity index is 245. The molecule has 0 aromatic heterocycles. The van der Waals surface area contributed by atoms with Crippen molar-refractivity contribution in [2.45, 2.75) is 51.0 Å². The zero-order valence-electron chi connectivity index (χ0n) is 9.94. The van der Waals surface area contributed by atoms with Crippen molar-refractivity contribution >= 4 is 5.84 Å². The van der Waals surface area contributed by atoms with Gasteiger partial charge in [-0.2, -0.15) is 0 Å². The summed E-state index contributed by atoms with van der Waals surface area (Å²) in [6, 6.07) is 0.667. The molecule has 2 aliphatic rings. The molecule has 0 unspecified atom stereocenters. The number of rotatable bonds is 5. The Balaban J connectivity index is 1.88. The third-order valence-corrected chi connectivity index (χ3v) is 4.05. The van der Waals surface area contributed by atoms with Crippen molar-refractivity contribution in [3.05, 3.63) is 0 Å². The van der Waals surface area contributed by atoms with Crippen LogP contribution < -0.4 is 5.73 Å². The molecule has 0 spiro atoms. The molecule has 2 aliphatic carbocycles. The van der Waals surface area contributed by atoms with Crippen molar-refractivity contribution in [1.82, 2.24) is 4.90 Å². The van der Waals surface area contributed by atoms with E-state index in [1.54, 1.807) is 0 Å². The molecule has 16 heavy (non-hydrogen) atoms. The molecule has 0 aromatic carbocycles. The van der Waals surface area contributed by atoms with Crippen LogP contribution in [0.15, 0.2) is 5.16 Å². The maximum absolute atomic E-state index is 8.67. The lowest BCUT2D eigenvalue weighted by Crippen LogP contribution is -2.43. The van der Waals surface area contributed by atoms with Crippen LogP contribution in [0.1, 0.15) is 44.9 Å². The zero-order valence-corrected chi connectivity index (χ0v) is 9.94. The van der Waals surface area contributed by atoms with Gasteiger partial charge in [0.1, 0.15) is 0 Å². The van der Waals surface area contributed by atoms with Crippen LogP contribution >= 0.6 is 0 Å². The van der Waals surface area contributed by atoms with Crippen molar-refractivity contribution in [2.75, 3.05) is 13.1 Å². The summed E-state index contributed by atoms with van der Waals surface area (Å²) < 4.78 is 0. The fourth-order valence-electron chi connectivity index (χ4n) is 2.86. The third kappa shape index (κ3) is 2.88. The van der Waals surface area contributed by atoms with E-state index in [-0.39, 0.29) is 0 Å². The minimum Gasteiger partial charge on any atom is -0.409 e. The summed E-state index contributed by atoms with van der Waals surface area (Å²) in [5, 5.41) is 11.8. The van der Waals surface area contributed by atoms with Crippen LogP contribution in [0.3, 0.4) is 0 Å². The van der Waals surface area contributed by atoms with Crippen LogP contribution in [0.2, 0.25) is 0 Å². The van der Waals surface area contributed by atoms with Crippen molar-refractivity contribution in [3.8, 4) is 0 Å².